The zero-order valence-electron chi connectivity index (χ0n) is 15.6. The van der Waals surface area contributed by atoms with Gasteiger partial charge in [0.25, 0.3) is 5.56 Å². The second-order valence-electron chi connectivity index (χ2n) is 6.74. The molecule has 2 aromatic rings. The van der Waals surface area contributed by atoms with Gasteiger partial charge in [0.15, 0.2) is 16.6 Å². The molecule has 1 amide bonds. The highest BCUT2D eigenvalue weighted by molar-refractivity contribution is 7.13. The van der Waals surface area contributed by atoms with Crippen LogP contribution in [0.25, 0.3) is 10.8 Å². The number of ether oxygens (including phenoxy) is 1. The van der Waals surface area contributed by atoms with E-state index in [2.05, 4.69) is 25.6 Å². The van der Waals surface area contributed by atoms with Gasteiger partial charge in [-0.15, -0.1) is 11.3 Å². The van der Waals surface area contributed by atoms with Gasteiger partial charge in [-0.2, -0.15) is 0 Å². The maximum Gasteiger partial charge on any atom is 0.404 e. The van der Waals surface area contributed by atoms with Gasteiger partial charge in [0.05, 0.1) is 6.54 Å². The van der Waals surface area contributed by atoms with Crippen molar-refractivity contribution in [2.45, 2.75) is 44.6 Å². The Morgan fingerprint density at radius 1 is 1.41 bits per heavy atom. The number of nitrogens with one attached hydrogen (secondary N) is 3. The second kappa shape index (κ2) is 8.72. The summed E-state index contributed by atoms with van der Waals surface area (Å²) >= 11 is 1.31. The molecule has 1 aliphatic carbocycles. The number of carboxylic acid groups (broad SMARTS) is 1. The van der Waals surface area contributed by atoms with Crippen LogP contribution in [0.4, 0.5) is 19.4 Å². The molecule has 158 valence electrons. The van der Waals surface area contributed by atoms with Gasteiger partial charge in [0, 0.05) is 30.0 Å². The van der Waals surface area contributed by atoms with Crippen molar-refractivity contribution in [2.75, 3.05) is 18.5 Å². The van der Waals surface area contributed by atoms with Crippen LogP contribution in [0.15, 0.2) is 10.2 Å². The lowest BCUT2D eigenvalue weighted by Gasteiger charge is -2.29. The molecule has 0 spiro atoms. The number of aromatic amines is 1. The van der Waals surface area contributed by atoms with Gasteiger partial charge in [-0.25, -0.2) is 23.5 Å². The largest absolute Gasteiger partial charge is 0.483 e. The molecule has 0 saturated heterocycles. The number of amides is 1. The van der Waals surface area contributed by atoms with E-state index in [0.717, 1.165) is 5.69 Å². The fourth-order valence-corrected chi connectivity index (χ4v) is 3.69. The summed E-state index contributed by atoms with van der Waals surface area (Å²) in [6.45, 7) is 1.69. The Hall–Kier alpha value is -2.76. The van der Waals surface area contributed by atoms with E-state index in [0.29, 0.717) is 5.01 Å². The number of hydrogen-bond donors (Lipinski definition) is 4. The van der Waals surface area contributed by atoms with Crippen LogP contribution in [0, 0.1) is 6.92 Å². The van der Waals surface area contributed by atoms with Crippen molar-refractivity contribution in [3.8, 4) is 16.6 Å². The van der Waals surface area contributed by atoms with Gasteiger partial charge in [0.2, 0.25) is 11.7 Å². The predicted molar refractivity (Wildman–Crippen MR) is 103 cm³/mol. The number of nitrogens with zero attached hydrogens (tertiary/aromatic N) is 2. The maximum atomic E-state index is 13.4. The molecule has 4 N–H and O–H groups in total. The van der Waals surface area contributed by atoms with E-state index in [1.54, 1.807) is 0 Å². The van der Waals surface area contributed by atoms with Crippen molar-refractivity contribution in [1.82, 2.24) is 20.3 Å². The summed E-state index contributed by atoms with van der Waals surface area (Å²) in [6, 6.07) is -0.283. The summed E-state index contributed by atoms with van der Waals surface area (Å²) in [5, 5.41) is 16.1. The Labute approximate surface area is 168 Å². The van der Waals surface area contributed by atoms with Crippen molar-refractivity contribution < 1.29 is 23.4 Å². The minimum Gasteiger partial charge on any atom is -0.483 e. The molecule has 0 aliphatic heterocycles. The molecule has 2 aromatic heterocycles. The van der Waals surface area contributed by atoms with E-state index in [4.69, 9.17) is 9.84 Å². The number of aryl methyl sites for hydroxylation is 1. The standard InChI is InChI=1S/C17H21F2N5O4S/c1-9-8-29-15(21-9)13-23-12(22-10-2-4-17(18,19)5-3-10)11(14(25)24-13)28-7-6-20-16(26)27/h8,10,20H,2-7H2,1H3,(H,26,27)(H2,22,23,24,25). The van der Waals surface area contributed by atoms with E-state index in [1.165, 1.54) is 11.3 Å². The molecule has 12 heteroatoms. The van der Waals surface area contributed by atoms with Gasteiger partial charge in [0.1, 0.15) is 6.61 Å². The van der Waals surface area contributed by atoms with Gasteiger partial charge in [-0.1, -0.05) is 0 Å². The number of thiazole rings is 1. The average Bonchev–Trinajstić information content (AvgIpc) is 3.08. The van der Waals surface area contributed by atoms with Crippen molar-refractivity contribution in [3.63, 3.8) is 0 Å². The summed E-state index contributed by atoms with van der Waals surface area (Å²) in [5.74, 6) is -2.42. The lowest BCUT2D eigenvalue weighted by atomic mass is 9.92. The molecule has 0 bridgehead atoms. The first-order valence-corrected chi connectivity index (χ1v) is 9.92. The van der Waals surface area contributed by atoms with Crippen LogP contribution in [-0.4, -0.2) is 51.3 Å². The molecule has 29 heavy (non-hydrogen) atoms. The quantitative estimate of drug-likeness (QED) is 0.498. The second-order valence-corrected chi connectivity index (χ2v) is 7.60. The number of alkyl halides is 2. The van der Waals surface area contributed by atoms with Gasteiger partial charge in [-0.05, 0) is 19.8 Å². The highest BCUT2D eigenvalue weighted by atomic mass is 32.1. The lowest BCUT2D eigenvalue weighted by Crippen LogP contribution is -2.33. The highest BCUT2D eigenvalue weighted by Crippen LogP contribution is 2.35. The lowest BCUT2D eigenvalue weighted by molar-refractivity contribution is -0.0361. The molecule has 9 nitrogen and oxygen atoms in total. The monoisotopic (exact) mass is 429 g/mol. The number of hydrogen-bond acceptors (Lipinski definition) is 7. The number of anilines is 1. The maximum absolute atomic E-state index is 13.4. The van der Waals surface area contributed by atoms with Crippen LogP contribution in [0.2, 0.25) is 0 Å². The normalized spacial score (nSPS) is 16.4. The molecule has 1 aliphatic rings. The number of rotatable bonds is 7. The molecule has 0 atom stereocenters. The van der Waals surface area contributed by atoms with Crippen molar-refractivity contribution in [3.05, 3.63) is 21.4 Å². The predicted octanol–water partition coefficient (Wildman–Crippen LogP) is 2.84. The summed E-state index contributed by atoms with van der Waals surface area (Å²) < 4.78 is 32.3. The number of carbonyl (C=O) groups is 1. The first kappa shape index (κ1) is 21.0. The Balaban J connectivity index is 1.83. The Morgan fingerprint density at radius 2 is 2.14 bits per heavy atom. The third-order valence-corrected chi connectivity index (χ3v) is 5.35. The SMILES string of the molecule is Cc1csc(-c2nc(NC3CCC(F)(F)CC3)c(OCCNC(=O)O)c(=O)[nH]2)n1. The van der Waals surface area contributed by atoms with E-state index in [1.807, 2.05) is 12.3 Å². The average molecular weight is 429 g/mol. The van der Waals surface area contributed by atoms with Crippen LogP contribution < -0.4 is 20.9 Å². The summed E-state index contributed by atoms with van der Waals surface area (Å²) in [7, 11) is 0. The smallest absolute Gasteiger partial charge is 0.404 e. The van der Waals surface area contributed by atoms with E-state index < -0.39 is 17.6 Å². The van der Waals surface area contributed by atoms with Gasteiger partial charge >= 0.3 is 6.09 Å². The Morgan fingerprint density at radius 3 is 2.76 bits per heavy atom. The summed E-state index contributed by atoms with van der Waals surface area (Å²) in [4.78, 5) is 34.4. The number of aromatic nitrogens is 3. The molecule has 1 fully saturated rings. The van der Waals surface area contributed by atoms with E-state index >= 15 is 0 Å². The summed E-state index contributed by atoms with van der Waals surface area (Å²) in [5.41, 5.74) is 0.207. The highest BCUT2D eigenvalue weighted by Gasteiger charge is 2.35. The van der Waals surface area contributed by atoms with Crippen molar-refractivity contribution in [2.24, 2.45) is 0 Å². The Kier molecular flexibility index (Phi) is 6.30. The van der Waals surface area contributed by atoms with Crippen molar-refractivity contribution >= 4 is 23.2 Å². The molecule has 2 heterocycles. The topological polar surface area (TPSA) is 129 Å². The van der Waals surface area contributed by atoms with Gasteiger partial charge < -0.3 is 25.5 Å². The van der Waals surface area contributed by atoms with E-state index in [-0.39, 0.29) is 62.3 Å². The molecule has 1 saturated carbocycles. The third-order valence-electron chi connectivity index (χ3n) is 4.38. The van der Waals surface area contributed by atoms with Crippen LogP contribution in [-0.2, 0) is 0 Å². The van der Waals surface area contributed by atoms with Crippen molar-refractivity contribution in [1.29, 1.82) is 0 Å². The fraction of sp³-hybridized carbons (Fsp3) is 0.529. The first-order valence-electron chi connectivity index (χ1n) is 9.04. The van der Waals surface area contributed by atoms with E-state index in [9.17, 15) is 18.4 Å². The number of H-pyrrole nitrogens is 1. The van der Waals surface area contributed by atoms with Crippen LogP contribution in [0.3, 0.4) is 0 Å². The minimum absolute atomic E-state index is 0.0305. The molecule has 0 unspecified atom stereocenters. The molecular weight excluding hydrogens is 408 g/mol. The Bertz CT molecular complexity index is 923. The zero-order valence-corrected chi connectivity index (χ0v) is 16.4. The first-order chi connectivity index (χ1) is 13.7. The zero-order chi connectivity index (χ0) is 21.0. The molecule has 3 rings (SSSR count). The van der Waals surface area contributed by atoms with Gasteiger partial charge in [-0.3, -0.25) is 4.79 Å². The third kappa shape index (κ3) is 5.62. The van der Waals surface area contributed by atoms with Crippen LogP contribution in [0.5, 0.6) is 5.75 Å². The van der Waals surface area contributed by atoms with Crippen LogP contribution in [0.1, 0.15) is 31.4 Å². The number of halogens is 2. The fourth-order valence-electron chi connectivity index (χ4n) is 2.95. The molecular formula is C17H21F2N5O4S. The summed E-state index contributed by atoms with van der Waals surface area (Å²) in [6.07, 6.45) is -1.24. The minimum atomic E-state index is -2.68. The molecule has 0 aromatic carbocycles. The van der Waals surface area contributed by atoms with Crippen LogP contribution >= 0.6 is 11.3 Å². The molecule has 0 radical (unpaired) electrons.